The summed E-state index contributed by atoms with van der Waals surface area (Å²) < 4.78 is 7.04. The first kappa shape index (κ1) is 36.0. The Morgan fingerprint density at radius 3 is 1.34 bits per heavy atom. The molecule has 0 amide bonds. The molecule has 11 rings (SSSR count). The van der Waals surface area contributed by atoms with Gasteiger partial charge in [-0.3, -0.25) is 0 Å². The van der Waals surface area contributed by atoms with E-state index in [1.165, 1.54) is 10.9 Å². The molecule has 3 heteroatoms. The molecule has 0 spiro atoms. The average Bonchev–Trinajstić information content (AvgIpc) is 3.70. The van der Waals surface area contributed by atoms with Crippen LogP contribution in [0, 0.1) is 0 Å². The van der Waals surface area contributed by atoms with E-state index in [4.69, 9.17) is 4.42 Å². The van der Waals surface area contributed by atoms with Gasteiger partial charge in [0.1, 0.15) is 11.2 Å². The van der Waals surface area contributed by atoms with Gasteiger partial charge in [-0.25, -0.2) is 0 Å². The van der Waals surface area contributed by atoms with Crippen LogP contribution in [0.3, 0.4) is 0 Å². The molecule has 11 aromatic rings. The number of anilines is 6. The summed E-state index contributed by atoms with van der Waals surface area (Å²) in [6.07, 6.45) is 0. The first-order chi connectivity index (χ1) is 30.3. The van der Waals surface area contributed by atoms with Crippen molar-refractivity contribution in [2.75, 3.05) is 9.80 Å². The molecule has 0 fully saturated rings. The number of fused-ring (bicyclic) bond motifs is 4. The lowest BCUT2D eigenvalue weighted by Crippen LogP contribution is -2.15. The van der Waals surface area contributed by atoms with E-state index in [1.807, 2.05) is 0 Å². The second kappa shape index (κ2) is 15.6. The van der Waals surface area contributed by atoms with Crippen LogP contribution in [0.25, 0.3) is 66.1 Å². The summed E-state index contributed by atoms with van der Waals surface area (Å²) in [6, 6.07) is 86.5. The van der Waals surface area contributed by atoms with E-state index in [1.54, 1.807) is 0 Å². The van der Waals surface area contributed by atoms with Crippen molar-refractivity contribution in [3.8, 4) is 33.4 Å². The Morgan fingerprint density at radius 2 is 0.738 bits per heavy atom. The lowest BCUT2D eigenvalue weighted by atomic mass is 9.99. The van der Waals surface area contributed by atoms with E-state index in [-0.39, 0.29) is 0 Å². The first-order valence-electron chi connectivity index (χ1n) is 20.8. The standard InChI is InChI=1S/C58H40N2O/c1-5-19-41(20-6-1)42-33-35-48(36-34-42)59(53-31-17-15-29-50(53)43-21-7-2-8-22-43)49-39-55(58-52-37-45-25-13-14-26-46(45)38-56(52)61-57(58)40-49)60(47-27-11-4-12-28-47)54-32-18-16-30-51(54)44-23-9-3-10-24-44/h1-40H. The third-order valence-corrected chi connectivity index (χ3v) is 11.6. The van der Waals surface area contributed by atoms with Crippen LogP contribution in [0.1, 0.15) is 0 Å². The maximum absolute atomic E-state index is 7.04. The maximum atomic E-state index is 7.04. The smallest absolute Gasteiger partial charge is 0.139 e. The number of hydrogen-bond acceptors (Lipinski definition) is 3. The van der Waals surface area contributed by atoms with Gasteiger partial charge in [0.05, 0.1) is 28.1 Å². The van der Waals surface area contributed by atoms with Crippen molar-refractivity contribution in [2.45, 2.75) is 0 Å². The molecule has 0 atom stereocenters. The zero-order valence-corrected chi connectivity index (χ0v) is 33.4. The molecular formula is C58H40N2O. The van der Waals surface area contributed by atoms with Crippen LogP contribution >= 0.6 is 0 Å². The fourth-order valence-electron chi connectivity index (χ4n) is 8.77. The molecule has 0 radical (unpaired) electrons. The van der Waals surface area contributed by atoms with Crippen molar-refractivity contribution in [3.05, 3.63) is 243 Å². The number of nitrogens with zero attached hydrogens (tertiary/aromatic N) is 2. The molecule has 0 aliphatic rings. The van der Waals surface area contributed by atoms with Crippen molar-refractivity contribution in [3.63, 3.8) is 0 Å². The summed E-state index contributed by atoms with van der Waals surface area (Å²) in [5.41, 5.74) is 14.7. The highest BCUT2D eigenvalue weighted by Crippen LogP contribution is 2.50. The summed E-state index contributed by atoms with van der Waals surface area (Å²) in [5.74, 6) is 0. The largest absolute Gasteiger partial charge is 0.456 e. The zero-order valence-electron chi connectivity index (χ0n) is 33.4. The van der Waals surface area contributed by atoms with Crippen molar-refractivity contribution >= 4 is 66.8 Å². The van der Waals surface area contributed by atoms with Crippen molar-refractivity contribution < 1.29 is 4.42 Å². The number of hydrogen-bond donors (Lipinski definition) is 0. The minimum Gasteiger partial charge on any atom is -0.456 e. The Morgan fingerprint density at radius 1 is 0.279 bits per heavy atom. The number of para-hydroxylation sites is 3. The van der Waals surface area contributed by atoms with E-state index in [0.29, 0.717) is 0 Å². The van der Waals surface area contributed by atoms with E-state index in [0.717, 1.165) is 89.3 Å². The van der Waals surface area contributed by atoms with Gasteiger partial charge in [-0.2, -0.15) is 0 Å². The molecule has 0 aliphatic heterocycles. The Balaban J connectivity index is 1.23. The van der Waals surface area contributed by atoms with Gasteiger partial charge in [0.2, 0.25) is 0 Å². The predicted octanol–water partition coefficient (Wildman–Crippen LogP) is 16.7. The predicted molar refractivity (Wildman–Crippen MR) is 257 cm³/mol. The molecular weight excluding hydrogens is 741 g/mol. The summed E-state index contributed by atoms with van der Waals surface area (Å²) in [7, 11) is 0. The maximum Gasteiger partial charge on any atom is 0.139 e. The van der Waals surface area contributed by atoms with Crippen molar-refractivity contribution in [1.29, 1.82) is 0 Å². The Kier molecular flexibility index (Phi) is 9.18. The van der Waals surface area contributed by atoms with E-state index in [2.05, 4.69) is 252 Å². The Labute approximate surface area is 355 Å². The molecule has 0 N–H and O–H groups in total. The average molecular weight is 781 g/mol. The van der Waals surface area contributed by atoms with Crippen LogP contribution in [0.15, 0.2) is 247 Å². The van der Waals surface area contributed by atoms with Gasteiger partial charge < -0.3 is 14.2 Å². The quantitative estimate of drug-likeness (QED) is 0.145. The summed E-state index contributed by atoms with van der Waals surface area (Å²) in [4.78, 5) is 4.80. The molecule has 0 saturated heterocycles. The third kappa shape index (κ3) is 6.69. The normalized spacial score (nSPS) is 11.3. The number of benzene rings is 10. The lowest BCUT2D eigenvalue weighted by molar-refractivity contribution is 0.669. The molecule has 1 aromatic heterocycles. The third-order valence-electron chi connectivity index (χ3n) is 11.6. The minimum absolute atomic E-state index is 0.805. The van der Waals surface area contributed by atoms with Crippen LogP contribution in [0.2, 0.25) is 0 Å². The summed E-state index contributed by atoms with van der Waals surface area (Å²) in [5, 5.41) is 4.42. The van der Waals surface area contributed by atoms with Crippen LogP contribution in [-0.2, 0) is 0 Å². The molecule has 0 bridgehead atoms. The van der Waals surface area contributed by atoms with Gasteiger partial charge in [-0.15, -0.1) is 0 Å². The van der Waals surface area contributed by atoms with Crippen LogP contribution in [0.4, 0.5) is 34.1 Å². The topological polar surface area (TPSA) is 19.6 Å². The fourth-order valence-corrected chi connectivity index (χ4v) is 8.77. The van der Waals surface area contributed by atoms with Gasteiger partial charge in [0.25, 0.3) is 0 Å². The number of furan rings is 1. The zero-order chi connectivity index (χ0) is 40.5. The summed E-state index contributed by atoms with van der Waals surface area (Å²) >= 11 is 0. The molecule has 61 heavy (non-hydrogen) atoms. The van der Waals surface area contributed by atoms with Gasteiger partial charge in [-0.05, 0) is 87.6 Å². The SMILES string of the molecule is c1ccc(-c2ccc(N(c3cc(N(c4ccccc4)c4ccccc4-c4ccccc4)c4c(c3)oc3cc5ccccc5cc34)c3ccccc3-c3ccccc3)cc2)cc1. The molecule has 10 aromatic carbocycles. The van der Waals surface area contributed by atoms with Crippen molar-refractivity contribution in [1.82, 2.24) is 0 Å². The molecule has 0 aliphatic carbocycles. The molecule has 3 nitrogen and oxygen atoms in total. The Hall–Kier alpha value is -8.14. The Bertz CT molecular complexity index is 3290. The van der Waals surface area contributed by atoms with Gasteiger partial charge >= 0.3 is 0 Å². The second-order valence-electron chi connectivity index (χ2n) is 15.3. The fraction of sp³-hybridized carbons (Fsp3) is 0. The molecule has 0 unspecified atom stereocenters. The van der Waals surface area contributed by atoms with E-state index >= 15 is 0 Å². The highest BCUT2D eigenvalue weighted by Gasteiger charge is 2.26. The van der Waals surface area contributed by atoms with Gasteiger partial charge in [0, 0.05) is 34.0 Å². The molecule has 1 heterocycles. The first-order valence-corrected chi connectivity index (χ1v) is 20.8. The van der Waals surface area contributed by atoms with Crippen LogP contribution < -0.4 is 9.80 Å². The van der Waals surface area contributed by atoms with Crippen LogP contribution in [-0.4, -0.2) is 0 Å². The monoisotopic (exact) mass is 780 g/mol. The molecule has 288 valence electrons. The highest BCUT2D eigenvalue weighted by molar-refractivity contribution is 6.18. The minimum atomic E-state index is 0.805. The van der Waals surface area contributed by atoms with Crippen LogP contribution in [0.5, 0.6) is 0 Å². The van der Waals surface area contributed by atoms with Gasteiger partial charge in [-0.1, -0.05) is 182 Å². The summed E-state index contributed by atoms with van der Waals surface area (Å²) in [6.45, 7) is 0. The van der Waals surface area contributed by atoms with Gasteiger partial charge in [0.15, 0.2) is 0 Å². The number of rotatable bonds is 9. The molecule has 0 saturated carbocycles. The lowest BCUT2D eigenvalue weighted by Gasteiger charge is -2.32. The van der Waals surface area contributed by atoms with E-state index in [9.17, 15) is 0 Å². The highest BCUT2D eigenvalue weighted by atomic mass is 16.3. The second-order valence-corrected chi connectivity index (χ2v) is 15.3. The van der Waals surface area contributed by atoms with E-state index < -0.39 is 0 Å². The van der Waals surface area contributed by atoms with Crippen molar-refractivity contribution in [2.24, 2.45) is 0 Å².